The van der Waals surface area contributed by atoms with Crippen LogP contribution in [-0.4, -0.2) is 19.9 Å². The fourth-order valence-corrected chi connectivity index (χ4v) is 6.20. The lowest BCUT2D eigenvalue weighted by Crippen LogP contribution is -1.93. The first kappa shape index (κ1) is 27.4. The van der Waals surface area contributed by atoms with Gasteiger partial charge in [0.05, 0.1) is 22.6 Å². The normalized spacial score (nSPS) is 11.6. The standard InChI is InChI=1S/C41H28N4O/c1-3-10-31-32-17-18-34-39(41(32)46-38(31)4-2)33-15-5-6-16-35(33)45-40(34)27-12-7-11-26(21-27)30-22-36(28-13-8-19-42-24-28)44-37(23-30)29-14-9-20-43-25-29/h3-25H,2H2,1H3/b10-3-. The molecule has 0 N–H and O–H groups in total. The summed E-state index contributed by atoms with van der Waals surface area (Å²) in [5.74, 6) is 0.761. The first-order chi connectivity index (χ1) is 22.7. The molecule has 0 spiro atoms. The molecule has 0 atom stereocenters. The number of hydrogen-bond acceptors (Lipinski definition) is 5. The van der Waals surface area contributed by atoms with Crippen molar-refractivity contribution in [2.24, 2.45) is 0 Å². The molecular weight excluding hydrogens is 564 g/mol. The minimum atomic E-state index is 0.761. The van der Waals surface area contributed by atoms with Gasteiger partial charge in [-0.15, -0.1) is 0 Å². The van der Waals surface area contributed by atoms with Crippen molar-refractivity contribution in [3.05, 3.63) is 146 Å². The molecule has 8 rings (SSSR count). The van der Waals surface area contributed by atoms with Crippen LogP contribution in [0.3, 0.4) is 0 Å². The van der Waals surface area contributed by atoms with Gasteiger partial charge in [0.1, 0.15) is 11.3 Å². The molecule has 218 valence electrons. The van der Waals surface area contributed by atoms with E-state index in [0.717, 1.165) is 88.9 Å². The molecule has 0 unspecified atom stereocenters. The van der Waals surface area contributed by atoms with Crippen molar-refractivity contribution in [2.45, 2.75) is 6.92 Å². The number of nitrogens with zero attached hydrogens (tertiary/aromatic N) is 4. The quantitative estimate of drug-likeness (QED) is 0.180. The highest BCUT2D eigenvalue weighted by Gasteiger charge is 2.19. The maximum absolute atomic E-state index is 6.50. The van der Waals surface area contributed by atoms with Crippen LogP contribution < -0.4 is 0 Å². The molecule has 0 bridgehead atoms. The number of furan rings is 1. The van der Waals surface area contributed by atoms with Gasteiger partial charge in [-0.25, -0.2) is 9.97 Å². The molecule has 0 aliphatic carbocycles. The minimum absolute atomic E-state index is 0.761. The summed E-state index contributed by atoms with van der Waals surface area (Å²) < 4.78 is 6.50. The predicted octanol–water partition coefficient (Wildman–Crippen LogP) is 10.7. The van der Waals surface area contributed by atoms with Crippen LogP contribution in [0.4, 0.5) is 0 Å². The van der Waals surface area contributed by atoms with Gasteiger partial charge in [0.25, 0.3) is 0 Å². The number of para-hydroxylation sites is 1. The Balaban J connectivity index is 1.36. The number of rotatable bonds is 6. The fourth-order valence-electron chi connectivity index (χ4n) is 6.20. The van der Waals surface area contributed by atoms with Gasteiger partial charge in [0, 0.05) is 68.6 Å². The maximum atomic E-state index is 6.50. The molecule has 5 heteroatoms. The summed E-state index contributed by atoms with van der Waals surface area (Å²) >= 11 is 0. The van der Waals surface area contributed by atoms with Gasteiger partial charge in [-0.2, -0.15) is 0 Å². The highest BCUT2D eigenvalue weighted by Crippen LogP contribution is 2.41. The Bertz CT molecular complexity index is 2390. The molecule has 0 saturated carbocycles. The molecule has 0 aliphatic rings. The van der Waals surface area contributed by atoms with E-state index in [4.69, 9.17) is 14.4 Å². The smallest absolute Gasteiger partial charge is 0.144 e. The van der Waals surface area contributed by atoms with Gasteiger partial charge < -0.3 is 4.42 Å². The van der Waals surface area contributed by atoms with Crippen LogP contribution >= 0.6 is 0 Å². The summed E-state index contributed by atoms with van der Waals surface area (Å²) in [5.41, 5.74) is 10.4. The van der Waals surface area contributed by atoms with E-state index in [1.165, 1.54) is 0 Å². The molecule has 0 fully saturated rings. The van der Waals surface area contributed by atoms with E-state index in [1.54, 1.807) is 18.5 Å². The summed E-state index contributed by atoms with van der Waals surface area (Å²) in [7, 11) is 0. The first-order valence-electron chi connectivity index (χ1n) is 15.2. The lowest BCUT2D eigenvalue weighted by Gasteiger charge is -2.13. The number of pyridine rings is 4. The van der Waals surface area contributed by atoms with Crippen LogP contribution in [0, 0.1) is 0 Å². The van der Waals surface area contributed by atoms with Crippen molar-refractivity contribution < 1.29 is 4.42 Å². The van der Waals surface area contributed by atoms with E-state index in [2.05, 4.69) is 89.4 Å². The summed E-state index contributed by atoms with van der Waals surface area (Å²) in [5, 5.41) is 4.18. The van der Waals surface area contributed by atoms with E-state index in [9.17, 15) is 0 Å². The predicted molar refractivity (Wildman–Crippen MR) is 189 cm³/mol. The molecule has 8 aromatic rings. The highest BCUT2D eigenvalue weighted by atomic mass is 16.3. The summed E-state index contributed by atoms with van der Waals surface area (Å²) in [6, 6.07) is 33.3. The second-order valence-corrected chi connectivity index (χ2v) is 11.1. The first-order valence-corrected chi connectivity index (χ1v) is 15.2. The number of benzene rings is 3. The Labute approximate surface area is 266 Å². The van der Waals surface area contributed by atoms with Gasteiger partial charge >= 0.3 is 0 Å². The topological polar surface area (TPSA) is 64.7 Å². The Morgan fingerprint density at radius 1 is 0.630 bits per heavy atom. The van der Waals surface area contributed by atoms with E-state index >= 15 is 0 Å². The van der Waals surface area contributed by atoms with Crippen LogP contribution in [0.15, 0.2) is 139 Å². The second kappa shape index (κ2) is 11.4. The van der Waals surface area contributed by atoms with Crippen LogP contribution in [0.2, 0.25) is 0 Å². The lowest BCUT2D eigenvalue weighted by atomic mass is 9.95. The van der Waals surface area contributed by atoms with Gasteiger partial charge in [-0.3, -0.25) is 9.97 Å². The van der Waals surface area contributed by atoms with E-state index in [1.807, 2.05) is 55.7 Å². The van der Waals surface area contributed by atoms with Crippen molar-refractivity contribution in [3.8, 4) is 44.9 Å². The third-order valence-electron chi connectivity index (χ3n) is 8.31. The Hall–Kier alpha value is -6.20. The average Bonchev–Trinajstić information content (AvgIpc) is 3.49. The van der Waals surface area contributed by atoms with Crippen molar-refractivity contribution >= 4 is 44.8 Å². The van der Waals surface area contributed by atoms with Crippen molar-refractivity contribution in [1.82, 2.24) is 19.9 Å². The number of fused-ring (bicyclic) bond motifs is 5. The largest absolute Gasteiger partial charge is 0.455 e. The number of allylic oxidation sites excluding steroid dienone is 1. The number of aromatic nitrogens is 4. The van der Waals surface area contributed by atoms with E-state index in [0.29, 0.717) is 0 Å². The molecule has 46 heavy (non-hydrogen) atoms. The summed E-state index contributed by atoms with van der Waals surface area (Å²) in [4.78, 5) is 18.9. The third-order valence-corrected chi connectivity index (χ3v) is 8.31. The molecule has 5 aromatic heterocycles. The monoisotopic (exact) mass is 592 g/mol. The highest BCUT2D eigenvalue weighted by molar-refractivity contribution is 6.22. The van der Waals surface area contributed by atoms with Gasteiger partial charge in [0.2, 0.25) is 0 Å². The van der Waals surface area contributed by atoms with E-state index < -0.39 is 0 Å². The second-order valence-electron chi connectivity index (χ2n) is 11.1. The van der Waals surface area contributed by atoms with Crippen molar-refractivity contribution in [3.63, 3.8) is 0 Å². The SMILES string of the molecule is C=Cc1oc2c(ccc3c(-c4cccc(-c5cc(-c6cccnc6)nc(-c6cccnc6)c5)c4)nc4ccccc4c32)c1/C=C\C. The number of hydrogen-bond donors (Lipinski definition) is 0. The molecule has 5 nitrogen and oxygen atoms in total. The van der Waals surface area contributed by atoms with Crippen LogP contribution in [0.25, 0.3) is 89.7 Å². The van der Waals surface area contributed by atoms with Gasteiger partial charge in [0.15, 0.2) is 0 Å². The van der Waals surface area contributed by atoms with Crippen LogP contribution in [0.5, 0.6) is 0 Å². The van der Waals surface area contributed by atoms with Crippen LogP contribution in [0.1, 0.15) is 18.2 Å². The molecule has 0 aliphatic heterocycles. The van der Waals surface area contributed by atoms with Gasteiger partial charge in [-0.1, -0.05) is 61.2 Å². The Kier molecular flexibility index (Phi) is 6.77. The zero-order chi connectivity index (χ0) is 31.0. The average molecular weight is 593 g/mol. The molecule has 0 amide bonds. The summed E-state index contributed by atoms with van der Waals surface area (Å²) in [6.45, 7) is 6.03. The molecule has 5 heterocycles. The maximum Gasteiger partial charge on any atom is 0.144 e. The van der Waals surface area contributed by atoms with Crippen molar-refractivity contribution in [2.75, 3.05) is 0 Å². The lowest BCUT2D eigenvalue weighted by molar-refractivity contribution is 0.607. The fraction of sp³-hybridized carbons (Fsp3) is 0.0244. The Morgan fingerprint density at radius 2 is 1.33 bits per heavy atom. The molecule has 0 saturated heterocycles. The zero-order valence-electron chi connectivity index (χ0n) is 25.2. The van der Waals surface area contributed by atoms with E-state index in [-0.39, 0.29) is 0 Å². The van der Waals surface area contributed by atoms with Crippen molar-refractivity contribution in [1.29, 1.82) is 0 Å². The zero-order valence-corrected chi connectivity index (χ0v) is 25.2. The molecular formula is C41H28N4O. The Morgan fingerprint density at radius 3 is 2.02 bits per heavy atom. The third kappa shape index (κ3) is 4.66. The molecule has 3 aromatic carbocycles. The van der Waals surface area contributed by atoms with Crippen LogP contribution in [-0.2, 0) is 0 Å². The summed E-state index contributed by atoms with van der Waals surface area (Å²) in [6.07, 6.45) is 13.1. The minimum Gasteiger partial charge on any atom is -0.455 e. The molecule has 0 radical (unpaired) electrons. The van der Waals surface area contributed by atoms with Gasteiger partial charge in [-0.05, 0) is 78.7 Å².